The molecule has 0 radical (unpaired) electrons. The van der Waals surface area contributed by atoms with Crippen LogP contribution in [-0.2, 0) is 19.9 Å². The molecule has 1 aromatic heterocycles. The van der Waals surface area contributed by atoms with Crippen molar-refractivity contribution >= 4 is 0 Å². The zero-order chi connectivity index (χ0) is 10.6. The molecule has 1 heterocycles. The van der Waals surface area contributed by atoms with Gasteiger partial charge >= 0.3 is 0 Å². The van der Waals surface area contributed by atoms with E-state index in [4.69, 9.17) is 0 Å². The van der Waals surface area contributed by atoms with E-state index >= 15 is 0 Å². The highest BCUT2D eigenvalue weighted by molar-refractivity contribution is 5.04. The molecule has 2 heteroatoms. The second-order valence-corrected chi connectivity index (χ2v) is 4.46. The van der Waals surface area contributed by atoms with Crippen molar-refractivity contribution in [1.29, 1.82) is 0 Å². The van der Waals surface area contributed by atoms with E-state index in [1.165, 1.54) is 24.4 Å². The van der Waals surface area contributed by atoms with E-state index in [1.54, 1.807) is 0 Å². The standard InChI is InChI=1S/C12H22N2/c1-5-6-7-12-13-11(8-10(2)3)9-14(12)4/h9-10H,5-8H2,1-4H3. The number of aryl methyl sites for hydroxylation is 2. The lowest BCUT2D eigenvalue weighted by Crippen LogP contribution is -1.96. The minimum atomic E-state index is 0.698. The van der Waals surface area contributed by atoms with Gasteiger partial charge in [0.05, 0.1) is 5.69 Å². The number of hydrogen-bond acceptors (Lipinski definition) is 1. The molecule has 80 valence electrons. The zero-order valence-corrected chi connectivity index (χ0v) is 9.88. The molecule has 0 fully saturated rings. The van der Waals surface area contributed by atoms with E-state index in [-0.39, 0.29) is 0 Å². The maximum Gasteiger partial charge on any atom is 0.108 e. The van der Waals surface area contributed by atoms with Crippen LogP contribution in [0, 0.1) is 5.92 Å². The van der Waals surface area contributed by atoms with Crippen molar-refractivity contribution < 1.29 is 0 Å². The van der Waals surface area contributed by atoms with Crippen molar-refractivity contribution in [3.8, 4) is 0 Å². The Morgan fingerprint density at radius 3 is 2.71 bits per heavy atom. The molecule has 0 saturated carbocycles. The highest BCUT2D eigenvalue weighted by Crippen LogP contribution is 2.09. The summed E-state index contributed by atoms with van der Waals surface area (Å²) < 4.78 is 2.17. The SMILES string of the molecule is CCCCc1nc(CC(C)C)cn1C. The highest BCUT2D eigenvalue weighted by atomic mass is 15.0. The van der Waals surface area contributed by atoms with Gasteiger partial charge in [-0.05, 0) is 18.8 Å². The second kappa shape index (κ2) is 5.18. The average molecular weight is 194 g/mol. The maximum absolute atomic E-state index is 4.65. The van der Waals surface area contributed by atoms with Crippen LogP contribution in [0.1, 0.15) is 45.1 Å². The summed E-state index contributed by atoms with van der Waals surface area (Å²) in [7, 11) is 2.10. The fraction of sp³-hybridized carbons (Fsp3) is 0.750. The lowest BCUT2D eigenvalue weighted by atomic mass is 10.1. The van der Waals surface area contributed by atoms with Gasteiger partial charge in [-0.2, -0.15) is 0 Å². The molecule has 1 rings (SSSR count). The molecule has 0 atom stereocenters. The van der Waals surface area contributed by atoms with Crippen LogP contribution in [0.3, 0.4) is 0 Å². The number of unbranched alkanes of at least 4 members (excludes halogenated alkanes) is 1. The molecule has 0 bridgehead atoms. The third-order valence-corrected chi connectivity index (χ3v) is 2.39. The van der Waals surface area contributed by atoms with Crippen molar-refractivity contribution in [2.75, 3.05) is 0 Å². The zero-order valence-electron chi connectivity index (χ0n) is 9.88. The van der Waals surface area contributed by atoms with Gasteiger partial charge in [0.2, 0.25) is 0 Å². The molecule has 0 amide bonds. The van der Waals surface area contributed by atoms with Crippen molar-refractivity contribution in [3.63, 3.8) is 0 Å². The molecule has 1 aromatic rings. The van der Waals surface area contributed by atoms with Gasteiger partial charge in [0, 0.05) is 19.7 Å². The molecule has 0 unspecified atom stereocenters. The largest absolute Gasteiger partial charge is 0.338 e. The van der Waals surface area contributed by atoms with E-state index in [1.807, 2.05) is 0 Å². The van der Waals surface area contributed by atoms with Crippen LogP contribution in [0.5, 0.6) is 0 Å². The first-order valence-corrected chi connectivity index (χ1v) is 5.64. The van der Waals surface area contributed by atoms with Crippen LogP contribution in [0.25, 0.3) is 0 Å². The molecule has 0 aliphatic heterocycles. The van der Waals surface area contributed by atoms with E-state index in [2.05, 4.69) is 43.6 Å². The smallest absolute Gasteiger partial charge is 0.108 e. The summed E-state index contributed by atoms with van der Waals surface area (Å²) in [5, 5.41) is 0. The quantitative estimate of drug-likeness (QED) is 0.704. The number of aromatic nitrogens is 2. The number of imidazole rings is 1. The van der Waals surface area contributed by atoms with Crippen LogP contribution in [0.2, 0.25) is 0 Å². The third kappa shape index (κ3) is 3.17. The molecule has 0 N–H and O–H groups in total. The summed E-state index contributed by atoms with van der Waals surface area (Å²) in [6.45, 7) is 6.69. The van der Waals surface area contributed by atoms with E-state index in [9.17, 15) is 0 Å². The summed E-state index contributed by atoms with van der Waals surface area (Å²) in [6.07, 6.45) is 6.87. The number of nitrogens with zero attached hydrogens (tertiary/aromatic N) is 2. The Morgan fingerprint density at radius 1 is 1.43 bits per heavy atom. The van der Waals surface area contributed by atoms with Gasteiger partial charge in [-0.1, -0.05) is 27.2 Å². The molecule has 0 spiro atoms. The summed E-state index contributed by atoms with van der Waals surface area (Å²) in [4.78, 5) is 4.65. The van der Waals surface area contributed by atoms with Crippen LogP contribution >= 0.6 is 0 Å². The first-order chi connectivity index (χ1) is 6.63. The molecule has 0 saturated heterocycles. The Bertz CT molecular complexity index is 274. The Balaban J connectivity index is 2.62. The summed E-state index contributed by atoms with van der Waals surface area (Å²) in [6, 6.07) is 0. The first-order valence-electron chi connectivity index (χ1n) is 5.64. The van der Waals surface area contributed by atoms with Crippen molar-refractivity contribution in [2.45, 2.75) is 46.5 Å². The lowest BCUT2D eigenvalue weighted by molar-refractivity contribution is 0.635. The van der Waals surface area contributed by atoms with E-state index in [0.29, 0.717) is 5.92 Å². The van der Waals surface area contributed by atoms with Crippen molar-refractivity contribution in [1.82, 2.24) is 9.55 Å². The predicted molar refractivity (Wildman–Crippen MR) is 60.4 cm³/mol. The molecule has 0 aromatic carbocycles. The van der Waals surface area contributed by atoms with E-state index in [0.717, 1.165) is 12.8 Å². The summed E-state index contributed by atoms with van der Waals surface area (Å²) in [5.74, 6) is 1.94. The fourth-order valence-electron chi connectivity index (χ4n) is 1.66. The van der Waals surface area contributed by atoms with Crippen LogP contribution in [-0.4, -0.2) is 9.55 Å². The Hall–Kier alpha value is -0.790. The van der Waals surface area contributed by atoms with Gasteiger partial charge in [-0.15, -0.1) is 0 Å². The van der Waals surface area contributed by atoms with Gasteiger partial charge in [-0.3, -0.25) is 0 Å². The highest BCUT2D eigenvalue weighted by Gasteiger charge is 2.05. The summed E-state index contributed by atoms with van der Waals surface area (Å²) in [5.41, 5.74) is 1.24. The molecule has 14 heavy (non-hydrogen) atoms. The summed E-state index contributed by atoms with van der Waals surface area (Å²) >= 11 is 0. The maximum atomic E-state index is 4.65. The molecule has 0 aliphatic carbocycles. The average Bonchev–Trinajstić information content (AvgIpc) is 2.41. The molecular formula is C12H22N2. The monoisotopic (exact) mass is 194 g/mol. The predicted octanol–water partition coefficient (Wildman–Crippen LogP) is 2.96. The minimum absolute atomic E-state index is 0.698. The van der Waals surface area contributed by atoms with E-state index < -0.39 is 0 Å². The van der Waals surface area contributed by atoms with Crippen molar-refractivity contribution in [2.24, 2.45) is 13.0 Å². The van der Waals surface area contributed by atoms with Gasteiger partial charge < -0.3 is 4.57 Å². The van der Waals surface area contributed by atoms with Crippen LogP contribution in [0.15, 0.2) is 6.20 Å². The van der Waals surface area contributed by atoms with Gasteiger partial charge in [0.25, 0.3) is 0 Å². The van der Waals surface area contributed by atoms with Gasteiger partial charge in [0.1, 0.15) is 5.82 Å². The number of hydrogen-bond donors (Lipinski definition) is 0. The lowest BCUT2D eigenvalue weighted by Gasteiger charge is -1.98. The Labute approximate surface area is 87.4 Å². The third-order valence-electron chi connectivity index (χ3n) is 2.39. The topological polar surface area (TPSA) is 17.8 Å². The number of rotatable bonds is 5. The minimum Gasteiger partial charge on any atom is -0.338 e. The van der Waals surface area contributed by atoms with Crippen LogP contribution < -0.4 is 0 Å². The van der Waals surface area contributed by atoms with Gasteiger partial charge in [-0.25, -0.2) is 4.98 Å². The normalized spacial score (nSPS) is 11.2. The van der Waals surface area contributed by atoms with Crippen LogP contribution in [0.4, 0.5) is 0 Å². The van der Waals surface area contributed by atoms with Gasteiger partial charge in [0.15, 0.2) is 0 Å². The Kier molecular flexibility index (Phi) is 4.18. The molecule has 0 aliphatic rings. The fourth-order valence-corrected chi connectivity index (χ4v) is 1.66. The molecule has 2 nitrogen and oxygen atoms in total. The first kappa shape index (κ1) is 11.3. The molecular weight excluding hydrogens is 172 g/mol. The Morgan fingerprint density at radius 2 is 2.14 bits per heavy atom. The second-order valence-electron chi connectivity index (χ2n) is 4.46. The van der Waals surface area contributed by atoms with Crippen molar-refractivity contribution in [3.05, 3.63) is 17.7 Å².